The van der Waals surface area contributed by atoms with Crippen LogP contribution in [0.1, 0.15) is 34.9 Å². The molecule has 2 heterocycles. The largest absolute Gasteiger partial charge is 0.339 e. The molecule has 5 rings (SSSR count). The lowest BCUT2D eigenvalue weighted by atomic mass is 9.88. The van der Waals surface area contributed by atoms with Crippen molar-refractivity contribution in [2.75, 3.05) is 5.32 Å². The van der Waals surface area contributed by atoms with E-state index in [1.807, 2.05) is 72.8 Å². The summed E-state index contributed by atoms with van der Waals surface area (Å²) >= 11 is 0. The van der Waals surface area contributed by atoms with Gasteiger partial charge < -0.3 is 9.84 Å². The van der Waals surface area contributed by atoms with E-state index in [2.05, 4.69) is 44.7 Å². The summed E-state index contributed by atoms with van der Waals surface area (Å²) in [6.07, 6.45) is 4.13. The minimum Gasteiger partial charge on any atom is -0.339 e. The fraction of sp³-hybridized carbons (Fsp3) is 0.103. The molecule has 1 amide bonds. The maximum atomic E-state index is 13.2. The maximum Gasteiger partial charge on any atom is 0.231 e. The fourth-order valence-corrected chi connectivity index (χ4v) is 4.08. The Morgan fingerprint density at radius 3 is 2.20 bits per heavy atom. The summed E-state index contributed by atoms with van der Waals surface area (Å²) in [6, 6.07) is 31.6. The van der Waals surface area contributed by atoms with Crippen LogP contribution in [-0.4, -0.2) is 21.0 Å². The van der Waals surface area contributed by atoms with Crippen molar-refractivity contribution in [3.05, 3.63) is 132 Å². The summed E-state index contributed by atoms with van der Waals surface area (Å²) < 4.78 is 5.46. The molecule has 0 fully saturated rings. The predicted octanol–water partition coefficient (Wildman–Crippen LogP) is 5.88. The Morgan fingerprint density at radius 1 is 0.829 bits per heavy atom. The molecule has 3 aromatic carbocycles. The first kappa shape index (κ1) is 22.2. The van der Waals surface area contributed by atoms with Gasteiger partial charge in [0.25, 0.3) is 0 Å². The Balaban J connectivity index is 1.33. The van der Waals surface area contributed by atoms with E-state index in [0.29, 0.717) is 24.6 Å². The van der Waals surface area contributed by atoms with Crippen molar-refractivity contribution in [2.24, 2.45) is 0 Å². The number of anilines is 1. The van der Waals surface area contributed by atoms with Crippen LogP contribution in [-0.2, 0) is 11.2 Å². The lowest BCUT2D eigenvalue weighted by Gasteiger charge is -2.18. The fourth-order valence-electron chi connectivity index (χ4n) is 4.08. The number of amides is 1. The molecule has 0 saturated heterocycles. The Morgan fingerprint density at radius 2 is 1.51 bits per heavy atom. The average Bonchev–Trinajstić information content (AvgIpc) is 3.38. The number of aromatic nitrogens is 3. The van der Waals surface area contributed by atoms with E-state index in [1.165, 1.54) is 0 Å². The van der Waals surface area contributed by atoms with Gasteiger partial charge in [-0.3, -0.25) is 9.78 Å². The molecule has 6 heteroatoms. The molecule has 5 aromatic rings. The molecular weight excluding hydrogens is 436 g/mol. The molecule has 0 bridgehead atoms. The topological polar surface area (TPSA) is 80.9 Å². The number of rotatable bonds is 8. The molecule has 2 aromatic heterocycles. The van der Waals surface area contributed by atoms with Gasteiger partial charge in [0.1, 0.15) is 0 Å². The number of nitrogens with one attached hydrogen (secondary N) is 1. The normalized spacial score (nSPS) is 10.9. The van der Waals surface area contributed by atoms with E-state index >= 15 is 0 Å². The maximum absolute atomic E-state index is 13.2. The van der Waals surface area contributed by atoms with Crippen LogP contribution in [0.5, 0.6) is 0 Å². The number of pyridine rings is 1. The molecule has 1 N–H and O–H groups in total. The molecule has 35 heavy (non-hydrogen) atoms. The Labute approximate surface area is 203 Å². The molecule has 0 saturated carbocycles. The zero-order chi connectivity index (χ0) is 23.9. The predicted molar refractivity (Wildman–Crippen MR) is 135 cm³/mol. The number of para-hydroxylation sites is 1. The Bertz CT molecular complexity index is 1350. The standard InChI is InChI=1S/C29H24N4O2/c34-27(19-25(21-10-3-1-4-11-21)22-12-5-2-6-13-22)31-26-16-8-7-14-23(26)18-28-32-29(33-35-28)24-15-9-17-30-20-24/h1-17,20,25H,18-19H2,(H,31,34). The van der Waals surface area contributed by atoms with Crippen LogP contribution in [0.4, 0.5) is 5.69 Å². The summed E-state index contributed by atoms with van der Waals surface area (Å²) in [5.74, 6) is 0.861. The van der Waals surface area contributed by atoms with Crippen molar-refractivity contribution in [3.8, 4) is 11.4 Å². The second-order valence-corrected chi connectivity index (χ2v) is 8.21. The van der Waals surface area contributed by atoms with Crippen LogP contribution in [0.15, 0.2) is 114 Å². The Hall–Kier alpha value is -4.58. The quantitative estimate of drug-likeness (QED) is 0.313. The van der Waals surface area contributed by atoms with Gasteiger partial charge in [-0.15, -0.1) is 0 Å². The van der Waals surface area contributed by atoms with Gasteiger partial charge in [0, 0.05) is 36.0 Å². The molecule has 0 unspecified atom stereocenters. The number of carbonyl (C=O) groups excluding carboxylic acids is 1. The second-order valence-electron chi connectivity index (χ2n) is 8.21. The van der Waals surface area contributed by atoms with Crippen molar-refractivity contribution in [1.82, 2.24) is 15.1 Å². The van der Waals surface area contributed by atoms with Gasteiger partial charge in [-0.05, 0) is 34.9 Å². The van der Waals surface area contributed by atoms with Crippen LogP contribution in [0, 0.1) is 0 Å². The van der Waals surface area contributed by atoms with Crippen molar-refractivity contribution in [1.29, 1.82) is 0 Å². The highest BCUT2D eigenvalue weighted by molar-refractivity contribution is 5.92. The van der Waals surface area contributed by atoms with E-state index in [4.69, 9.17) is 4.52 Å². The molecule has 172 valence electrons. The van der Waals surface area contributed by atoms with Gasteiger partial charge >= 0.3 is 0 Å². The summed E-state index contributed by atoms with van der Waals surface area (Å²) in [4.78, 5) is 21.8. The van der Waals surface area contributed by atoms with Crippen molar-refractivity contribution >= 4 is 11.6 Å². The third-order valence-electron chi connectivity index (χ3n) is 5.81. The third-order valence-corrected chi connectivity index (χ3v) is 5.81. The summed E-state index contributed by atoms with van der Waals surface area (Å²) in [6.45, 7) is 0. The molecule has 0 atom stereocenters. The zero-order valence-electron chi connectivity index (χ0n) is 19.0. The first-order chi connectivity index (χ1) is 17.3. The lowest BCUT2D eigenvalue weighted by Crippen LogP contribution is -2.17. The highest BCUT2D eigenvalue weighted by Gasteiger charge is 2.19. The highest BCUT2D eigenvalue weighted by Crippen LogP contribution is 2.29. The molecule has 0 radical (unpaired) electrons. The van der Waals surface area contributed by atoms with Crippen LogP contribution < -0.4 is 5.32 Å². The Kier molecular flexibility index (Phi) is 6.71. The lowest BCUT2D eigenvalue weighted by molar-refractivity contribution is -0.116. The number of hydrogen-bond acceptors (Lipinski definition) is 5. The second kappa shape index (κ2) is 10.6. The van der Waals surface area contributed by atoms with Gasteiger partial charge in [-0.25, -0.2) is 0 Å². The smallest absolute Gasteiger partial charge is 0.231 e. The molecule has 6 nitrogen and oxygen atoms in total. The van der Waals surface area contributed by atoms with E-state index in [9.17, 15) is 4.79 Å². The molecule has 0 aliphatic heterocycles. The molecule has 0 aliphatic carbocycles. The van der Waals surface area contributed by atoms with E-state index in [-0.39, 0.29) is 11.8 Å². The SMILES string of the molecule is O=C(CC(c1ccccc1)c1ccccc1)Nc1ccccc1Cc1nc(-c2cccnc2)no1. The van der Waals surface area contributed by atoms with Gasteiger partial charge in [0.05, 0.1) is 6.42 Å². The van der Waals surface area contributed by atoms with E-state index in [1.54, 1.807) is 12.4 Å². The number of carbonyl (C=O) groups is 1. The summed E-state index contributed by atoms with van der Waals surface area (Å²) in [5, 5.41) is 7.17. The minimum absolute atomic E-state index is 0.0393. The van der Waals surface area contributed by atoms with Gasteiger partial charge in [-0.2, -0.15) is 4.98 Å². The summed E-state index contributed by atoms with van der Waals surface area (Å²) in [5.41, 5.74) is 4.64. The van der Waals surface area contributed by atoms with Crippen molar-refractivity contribution in [3.63, 3.8) is 0 Å². The van der Waals surface area contributed by atoms with E-state index in [0.717, 1.165) is 27.9 Å². The first-order valence-electron chi connectivity index (χ1n) is 11.5. The average molecular weight is 461 g/mol. The number of hydrogen-bond donors (Lipinski definition) is 1. The minimum atomic E-state index is -0.0586. The van der Waals surface area contributed by atoms with Crippen molar-refractivity contribution < 1.29 is 9.32 Å². The van der Waals surface area contributed by atoms with Crippen molar-refractivity contribution in [2.45, 2.75) is 18.8 Å². The third kappa shape index (κ3) is 5.50. The first-order valence-corrected chi connectivity index (χ1v) is 11.5. The number of nitrogens with zero attached hydrogens (tertiary/aromatic N) is 3. The monoisotopic (exact) mass is 460 g/mol. The number of benzene rings is 3. The van der Waals surface area contributed by atoms with Gasteiger partial charge in [-0.1, -0.05) is 84.0 Å². The molecular formula is C29H24N4O2. The van der Waals surface area contributed by atoms with Crippen LogP contribution in [0.3, 0.4) is 0 Å². The van der Waals surface area contributed by atoms with Gasteiger partial charge in [0.15, 0.2) is 0 Å². The van der Waals surface area contributed by atoms with Gasteiger partial charge in [0.2, 0.25) is 17.6 Å². The molecule has 0 aliphatic rings. The van der Waals surface area contributed by atoms with E-state index < -0.39 is 0 Å². The van der Waals surface area contributed by atoms with Crippen LogP contribution >= 0.6 is 0 Å². The molecule has 0 spiro atoms. The summed E-state index contributed by atoms with van der Waals surface area (Å²) in [7, 11) is 0. The van der Waals surface area contributed by atoms with Crippen LogP contribution in [0.2, 0.25) is 0 Å². The zero-order valence-corrected chi connectivity index (χ0v) is 19.0. The van der Waals surface area contributed by atoms with Crippen LogP contribution in [0.25, 0.3) is 11.4 Å². The highest BCUT2D eigenvalue weighted by atomic mass is 16.5.